The molecule has 8 nitrogen and oxygen atoms in total. The van der Waals surface area contributed by atoms with Gasteiger partial charge in [0.2, 0.25) is 0 Å². The van der Waals surface area contributed by atoms with Crippen molar-refractivity contribution in [1.29, 1.82) is 0 Å². The van der Waals surface area contributed by atoms with E-state index in [0.717, 1.165) is 10.0 Å². The number of aromatic nitrogens is 2. The zero-order valence-electron chi connectivity index (χ0n) is 15.4. The van der Waals surface area contributed by atoms with E-state index in [1.54, 1.807) is 44.6 Å². The predicted molar refractivity (Wildman–Crippen MR) is 116 cm³/mol. The number of aromatic amines is 1. The molecule has 0 aliphatic heterocycles. The number of H-pyrrole nitrogens is 1. The van der Waals surface area contributed by atoms with Gasteiger partial charge in [-0.3, -0.25) is 9.89 Å². The fourth-order valence-corrected chi connectivity index (χ4v) is 3.74. The normalized spacial score (nSPS) is 10.9. The van der Waals surface area contributed by atoms with Gasteiger partial charge in [0, 0.05) is 15.6 Å². The van der Waals surface area contributed by atoms with Gasteiger partial charge in [-0.1, -0.05) is 15.9 Å². The van der Waals surface area contributed by atoms with Gasteiger partial charge in [0.25, 0.3) is 5.91 Å². The molecule has 0 saturated heterocycles. The summed E-state index contributed by atoms with van der Waals surface area (Å²) in [6, 6.07) is 10.3. The van der Waals surface area contributed by atoms with Gasteiger partial charge in [-0.05, 0) is 52.3 Å². The third kappa shape index (κ3) is 4.77. The van der Waals surface area contributed by atoms with Crippen LogP contribution in [0.3, 0.4) is 0 Å². The molecule has 2 aromatic carbocycles. The Morgan fingerprint density at radius 3 is 2.66 bits per heavy atom. The van der Waals surface area contributed by atoms with Crippen molar-refractivity contribution in [3.63, 3.8) is 0 Å². The number of hydrogen-bond donors (Lipinski definition) is 3. The van der Waals surface area contributed by atoms with Crippen LogP contribution in [0.25, 0.3) is 11.3 Å². The third-order valence-electron chi connectivity index (χ3n) is 3.93. The summed E-state index contributed by atoms with van der Waals surface area (Å²) in [5.41, 5.74) is 4.37. The number of hydrazone groups is 1. The molecule has 0 saturated carbocycles. The second kappa shape index (κ2) is 9.10. The Hall–Kier alpha value is -2.85. The smallest absolute Gasteiger partial charge is 0.289 e. The zero-order chi connectivity index (χ0) is 21.0. The predicted octanol–water partition coefficient (Wildman–Crippen LogP) is 4.09. The third-order valence-corrected chi connectivity index (χ3v) is 4.99. The van der Waals surface area contributed by atoms with E-state index in [1.165, 1.54) is 6.21 Å². The highest BCUT2D eigenvalue weighted by molar-refractivity contribution is 9.11. The van der Waals surface area contributed by atoms with Crippen LogP contribution in [0.5, 0.6) is 17.2 Å². The molecular weight excluding hydrogens is 508 g/mol. The average Bonchev–Trinajstić information content (AvgIpc) is 3.21. The Balaban J connectivity index is 1.73. The van der Waals surface area contributed by atoms with Crippen LogP contribution in [0.1, 0.15) is 16.1 Å². The first kappa shape index (κ1) is 20.9. The van der Waals surface area contributed by atoms with Crippen molar-refractivity contribution in [3.05, 3.63) is 56.6 Å². The fourth-order valence-electron chi connectivity index (χ4n) is 2.49. The minimum atomic E-state index is -0.478. The molecule has 0 unspecified atom stereocenters. The number of hydrogen-bond acceptors (Lipinski definition) is 6. The van der Waals surface area contributed by atoms with Gasteiger partial charge in [0.1, 0.15) is 11.4 Å². The lowest BCUT2D eigenvalue weighted by Gasteiger charge is -2.08. The monoisotopic (exact) mass is 522 g/mol. The molecule has 3 aromatic rings. The van der Waals surface area contributed by atoms with E-state index < -0.39 is 5.91 Å². The first-order chi connectivity index (χ1) is 13.9. The van der Waals surface area contributed by atoms with E-state index in [0.29, 0.717) is 27.2 Å². The van der Waals surface area contributed by atoms with Gasteiger partial charge in [-0.2, -0.15) is 10.2 Å². The Morgan fingerprint density at radius 1 is 1.17 bits per heavy atom. The van der Waals surface area contributed by atoms with Crippen molar-refractivity contribution in [1.82, 2.24) is 15.6 Å². The minimum Gasteiger partial charge on any atom is -0.506 e. The summed E-state index contributed by atoms with van der Waals surface area (Å²) in [5.74, 6) is 0.697. The largest absolute Gasteiger partial charge is 0.506 e. The Bertz CT molecular complexity index is 1080. The maximum Gasteiger partial charge on any atom is 0.289 e. The van der Waals surface area contributed by atoms with Gasteiger partial charge in [-0.15, -0.1) is 0 Å². The topological polar surface area (TPSA) is 109 Å². The van der Waals surface area contributed by atoms with Gasteiger partial charge in [0.15, 0.2) is 11.5 Å². The second-order valence-electron chi connectivity index (χ2n) is 5.76. The van der Waals surface area contributed by atoms with Crippen molar-refractivity contribution < 1.29 is 19.4 Å². The number of phenols is 1. The van der Waals surface area contributed by atoms with Crippen LogP contribution in [0.2, 0.25) is 0 Å². The van der Waals surface area contributed by atoms with E-state index in [2.05, 4.69) is 52.6 Å². The molecule has 29 heavy (non-hydrogen) atoms. The molecule has 1 aromatic heterocycles. The number of ether oxygens (including phenoxy) is 2. The zero-order valence-corrected chi connectivity index (χ0v) is 18.5. The van der Waals surface area contributed by atoms with E-state index in [1.807, 2.05) is 6.07 Å². The fraction of sp³-hybridized carbons (Fsp3) is 0.105. The molecule has 0 atom stereocenters. The molecule has 1 amide bonds. The summed E-state index contributed by atoms with van der Waals surface area (Å²) in [6.45, 7) is 0. The summed E-state index contributed by atoms with van der Waals surface area (Å²) < 4.78 is 11.8. The highest BCUT2D eigenvalue weighted by Crippen LogP contribution is 2.32. The molecule has 0 radical (unpaired) electrons. The number of nitrogens with one attached hydrogen (secondary N) is 2. The van der Waals surface area contributed by atoms with Crippen LogP contribution in [-0.4, -0.2) is 41.6 Å². The molecule has 0 aliphatic carbocycles. The number of carbonyl (C=O) groups excluding carboxylic acids is 1. The SMILES string of the molecule is COc1ccc(-c2cc(C(=O)N/N=C/c3cc(Br)cc(Br)c3O)[nH]n2)cc1OC. The van der Waals surface area contributed by atoms with Crippen LogP contribution in [0.15, 0.2) is 50.4 Å². The molecule has 0 bridgehead atoms. The number of methoxy groups -OCH3 is 2. The molecule has 0 aliphatic rings. The Morgan fingerprint density at radius 2 is 1.93 bits per heavy atom. The van der Waals surface area contributed by atoms with Crippen LogP contribution in [0, 0.1) is 0 Å². The number of carbonyl (C=O) groups is 1. The van der Waals surface area contributed by atoms with Crippen molar-refractivity contribution in [2.24, 2.45) is 5.10 Å². The van der Waals surface area contributed by atoms with Gasteiger partial charge in [0.05, 0.1) is 30.6 Å². The summed E-state index contributed by atoms with van der Waals surface area (Å²) in [6.07, 6.45) is 1.34. The lowest BCUT2D eigenvalue weighted by molar-refractivity contribution is 0.0950. The molecule has 1 heterocycles. The highest BCUT2D eigenvalue weighted by atomic mass is 79.9. The summed E-state index contributed by atoms with van der Waals surface area (Å²) >= 11 is 6.57. The summed E-state index contributed by atoms with van der Waals surface area (Å²) in [4.78, 5) is 12.3. The quantitative estimate of drug-likeness (QED) is 0.333. The van der Waals surface area contributed by atoms with Gasteiger partial charge < -0.3 is 14.6 Å². The lowest BCUT2D eigenvalue weighted by atomic mass is 10.1. The van der Waals surface area contributed by atoms with E-state index in [4.69, 9.17) is 9.47 Å². The number of phenolic OH excluding ortho intramolecular Hbond substituents is 1. The van der Waals surface area contributed by atoms with Crippen LogP contribution < -0.4 is 14.9 Å². The average molecular weight is 524 g/mol. The summed E-state index contributed by atoms with van der Waals surface area (Å²) in [5, 5.41) is 20.7. The van der Waals surface area contributed by atoms with Crippen molar-refractivity contribution in [2.75, 3.05) is 14.2 Å². The maximum absolute atomic E-state index is 12.3. The van der Waals surface area contributed by atoms with Crippen molar-refractivity contribution >= 4 is 44.0 Å². The number of nitrogens with zero attached hydrogens (tertiary/aromatic N) is 2. The Kier molecular flexibility index (Phi) is 6.55. The van der Waals surface area contributed by atoms with Crippen LogP contribution in [-0.2, 0) is 0 Å². The van der Waals surface area contributed by atoms with E-state index >= 15 is 0 Å². The molecule has 3 N–H and O–H groups in total. The van der Waals surface area contributed by atoms with Crippen LogP contribution in [0.4, 0.5) is 0 Å². The molecule has 3 rings (SSSR count). The number of halogens is 2. The molecular formula is C19H16Br2N4O4. The number of aromatic hydroxyl groups is 1. The van der Waals surface area contributed by atoms with Crippen molar-refractivity contribution in [3.8, 4) is 28.5 Å². The highest BCUT2D eigenvalue weighted by Gasteiger charge is 2.13. The minimum absolute atomic E-state index is 0.0171. The van der Waals surface area contributed by atoms with E-state index in [9.17, 15) is 9.90 Å². The first-order valence-electron chi connectivity index (χ1n) is 8.22. The molecule has 0 spiro atoms. The standard InChI is InChI=1S/C19H16Br2N4O4/c1-28-16-4-3-10(6-17(16)29-2)14-8-15(24-23-14)19(27)25-22-9-11-5-12(20)7-13(21)18(11)26/h3-9,26H,1-2H3,(H,23,24)(H,25,27)/b22-9+. The number of rotatable bonds is 6. The Labute approximate surface area is 183 Å². The van der Waals surface area contributed by atoms with Gasteiger partial charge in [-0.25, -0.2) is 5.43 Å². The number of amides is 1. The number of benzene rings is 2. The second-order valence-corrected chi connectivity index (χ2v) is 7.53. The van der Waals surface area contributed by atoms with E-state index in [-0.39, 0.29) is 11.4 Å². The first-order valence-corrected chi connectivity index (χ1v) is 9.80. The molecule has 0 fully saturated rings. The molecule has 10 heteroatoms. The summed E-state index contributed by atoms with van der Waals surface area (Å²) in [7, 11) is 3.10. The lowest BCUT2D eigenvalue weighted by Crippen LogP contribution is -2.18. The maximum atomic E-state index is 12.3. The van der Waals surface area contributed by atoms with Crippen LogP contribution >= 0.6 is 31.9 Å². The van der Waals surface area contributed by atoms with Crippen molar-refractivity contribution in [2.45, 2.75) is 0 Å². The molecule has 150 valence electrons. The van der Waals surface area contributed by atoms with Gasteiger partial charge >= 0.3 is 0 Å².